The maximum absolute atomic E-state index is 12.6. The lowest BCUT2D eigenvalue weighted by Gasteiger charge is -2.14. The fourth-order valence-corrected chi connectivity index (χ4v) is 3.79. The highest BCUT2D eigenvalue weighted by Gasteiger charge is 2.18. The smallest absolute Gasteiger partial charge is 0.233 e. The third-order valence-corrected chi connectivity index (χ3v) is 5.66. The van der Waals surface area contributed by atoms with Gasteiger partial charge in [-0.05, 0) is 24.1 Å². The number of methoxy groups -OCH3 is 1. The first-order valence-corrected chi connectivity index (χ1v) is 12.2. The van der Waals surface area contributed by atoms with Gasteiger partial charge in [-0.1, -0.05) is 70.9 Å². The van der Waals surface area contributed by atoms with Crippen molar-refractivity contribution < 1.29 is 18.8 Å². The Morgan fingerprint density at radius 3 is 2.28 bits per heavy atom. The molecule has 1 unspecified atom stereocenters. The van der Waals surface area contributed by atoms with E-state index in [9.17, 15) is 4.79 Å². The van der Waals surface area contributed by atoms with Crippen LogP contribution in [0.4, 0.5) is 0 Å². The van der Waals surface area contributed by atoms with Crippen LogP contribution >= 0.6 is 0 Å². The van der Waals surface area contributed by atoms with Gasteiger partial charge in [0.1, 0.15) is 0 Å². The van der Waals surface area contributed by atoms with Crippen LogP contribution in [0.5, 0.6) is 11.5 Å². The summed E-state index contributed by atoms with van der Waals surface area (Å²) in [5.74, 6) is 1.41. The standard InChI is InChI=1S/C27H40N2O3/c1-4-6-7-8-9-10-11-15-20-32-24-17-16-23(21-25(24)31-3)22-27(30)28-26(5-2)29-18-13-12-14-19-29/h12-14,16-19,21,26H,4-11,15,20,22H2,1-3H3/p+1. The van der Waals surface area contributed by atoms with Gasteiger partial charge in [0.2, 0.25) is 12.1 Å². The van der Waals surface area contributed by atoms with E-state index in [-0.39, 0.29) is 12.1 Å². The van der Waals surface area contributed by atoms with Crippen molar-refractivity contribution in [2.45, 2.75) is 84.2 Å². The molecule has 0 aliphatic rings. The predicted molar refractivity (Wildman–Crippen MR) is 129 cm³/mol. The number of carbonyl (C=O) groups excluding carboxylic acids is 1. The van der Waals surface area contributed by atoms with E-state index >= 15 is 0 Å². The predicted octanol–water partition coefficient (Wildman–Crippen LogP) is 5.77. The Kier molecular flexibility index (Phi) is 12.3. The zero-order chi connectivity index (χ0) is 23.0. The molecule has 2 rings (SSSR count). The summed E-state index contributed by atoms with van der Waals surface area (Å²) >= 11 is 0. The summed E-state index contributed by atoms with van der Waals surface area (Å²) in [6, 6.07) is 11.7. The van der Waals surface area contributed by atoms with Gasteiger partial charge < -0.3 is 9.47 Å². The van der Waals surface area contributed by atoms with Crippen molar-refractivity contribution in [2.24, 2.45) is 0 Å². The van der Waals surface area contributed by atoms with Gasteiger partial charge in [-0.2, -0.15) is 4.57 Å². The molecule has 1 N–H and O–H groups in total. The van der Waals surface area contributed by atoms with Gasteiger partial charge >= 0.3 is 0 Å². The van der Waals surface area contributed by atoms with Crippen LogP contribution in [-0.4, -0.2) is 19.6 Å². The lowest BCUT2D eigenvalue weighted by molar-refractivity contribution is -0.727. The zero-order valence-corrected chi connectivity index (χ0v) is 20.1. The molecule has 0 fully saturated rings. The van der Waals surface area contributed by atoms with E-state index in [1.165, 1.54) is 44.9 Å². The Hall–Kier alpha value is -2.56. The second-order valence-corrected chi connectivity index (χ2v) is 8.30. The van der Waals surface area contributed by atoms with Crippen LogP contribution in [0.1, 0.15) is 83.4 Å². The number of carbonyl (C=O) groups is 1. The van der Waals surface area contributed by atoms with E-state index in [0.717, 1.165) is 24.2 Å². The highest BCUT2D eigenvalue weighted by molar-refractivity contribution is 5.78. The quantitative estimate of drug-likeness (QED) is 0.266. The van der Waals surface area contributed by atoms with E-state index in [0.29, 0.717) is 18.8 Å². The topological polar surface area (TPSA) is 51.4 Å². The van der Waals surface area contributed by atoms with Crippen LogP contribution in [0.3, 0.4) is 0 Å². The van der Waals surface area contributed by atoms with Crippen LogP contribution in [0.25, 0.3) is 0 Å². The lowest BCUT2D eigenvalue weighted by Crippen LogP contribution is -2.49. The van der Waals surface area contributed by atoms with Gasteiger partial charge in [-0.3, -0.25) is 10.1 Å². The third kappa shape index (κ3) is 9.29. The van der Waals surface area contributed by atoms with Crippen molar-refractivity contribution in [3.63, 3.8) is 0 Å². The second kappa shape index (κ2) is 15.3. The summed E-state index contributed by atoms with van der Waals surface area (Å²) in [7, 11) is 1.64. The molecule has 1 amide bonds. The van der Waals surface area contributed by atoms with Gasteiger partial charge in [-0.15, -0.1) is 0 Å². The van der Waals surface area contributed by atoms with Crippen molar-refractivity contribution in [3.05, 3.63) is 54.4 Å². The largest absolute Gasteiger partial charge is 0.493 e. The van der Waals surface area contributed by atoms with Crippen molar-refractivity contribution in [1.29, 1.82) is 0 Å². The Bertz CT molecular complexity index is 780. The van der Waals surface area contributed by atoms with Gasteiger partial charge in [0.25, 0.3) is 0 Å². The van der Waals surface area contributed by atoms with Crippen LogP contribution in [0.2, 0.25) is 0 Å². The number of ether oxygens (including phenoxy) is 2. The molecule has 2 aromatic rings. The highest BCUT2D eigenvalue weighted by Crippen LogP contribution is 2.28. The summed E-state index contributed by atoms with van der Waals surface area (Å²) in [4.78, 5) is 12.6. The minimum Gasteiger partial charge on any atom is -0.493 e. The fraction of sp³-hybridized carbons (Fsp3) is 0.556. The zero-order valence-electron chi connectivity index (χ0n) is 20.1. The maximum Gasteiger partial charge on any atom is 0.233 e. The molecule has 0 aliphatic carbocycles. The van der Waals surface area contributed by atoms with Crippen LogP contribution in [-0.2, 0) is 11.2 Å². The van der Waals surface area contributed by atoms with Crippen molar-refractivity contribution in [2.75, 3.05) is 13.7 Å². The van der Waals surface area contributed by atoms with Gasteiger partial charge in [0, 0.05) is 18.6 Å². The fourth-order valence-electron chi connectivity index (χ4n) is 3.79. The van der Waals surface area contributed by atoms with E-state index in [4.69, 9.17) is 9.47 Å². The number of amides is 1. The van der Waals surface area contributed by atoms with E-state index in [2.05, 4.69) is 19.2 Å². The average Bonchev–Trinajstić information content (AvgIpc) is 2.82. The molecule has 176 valence electrons. The summed E-state index contributed by atoms with van der Waals surface area (Å²) in [5.41, 5.74) is 0.909. The molecule has 0 saturated heterocycles. The van der Waals surface area contributed by atoms with Gasteiger partial charge in [0.05, 0.1) is 20.1 Å². The molecule has 1 aromatic heterocycles. The SMILES string of the molecule is CCCCCCCCCCOc1ccc(CC(=O)NC(CC)[n+]2ccccc2)cc1OC. The van der Waals surface area contributed by atoms with Gasteiger partial charge in [0.15, 0.2) is 23.9 Å². The second-order valence-electron chi connectivity index (χ2n) is 8.30. The maximum atomic E-state index is 12.6. The van der Waals surface area contributed by atoms with Crippen LogP contribution < -0.4 is 19.4 Å². The van der Waals surface area contributed by atoms with Crippen LogP contribution in [0.15, 0.2) is 48.8 Å². The molecule has 1 atom stereocenters. The summed E-state index contributed by atoms with van der Waals surface area (Å²) in [5, 5.41) is 3.11. The normalized spacial score (nSPS) is 11.7. The molecule has 0 aliphatic heterocycles. The molecule has 1 heterocycles. The number of benzene rings is 1. The van der Waals surface area contributed by atoms with Crippen molar-refractivity contribution in [3.8, 4) is 11.5 Å². The molecule has 32 heavy (non-hydrogen) atoms. The first-order valence-electron chi connectivity index (χ1n) is 12.2. The number of unbranched alkanes of at least 4 members (excludes halogenated alkanes) is 7. The number of hydrogen-bond acceptors (Lipinski definition) is 3. The molecule has 1 aromatic carbocycles. The number of pyridine rings is 1. The Morgan fingerprint density at radius 1 is 0.938 bits per heavy atom. The monoisotopic (exact) mass is 441 g/mol. The third-order valence-electron chi connectivity index (χ3n) is 5.66. The van der Waals surface area contributed by atoms with Crippen molar-refractivity contribution >= 4 is 5.91 Å². The Morgan fingerprint density at radius 2 is 1.62 bits per heavy atom. The first-order chi connectivity index (χ1) is 15.7. The van der Waals surface area contributed by atoms with Gasteiger partial charge in [-0.25, -0.2) is 0 Å². The number of aromatic nitrogens is 1. The molecule has 5 heteroatoms. The van der Waals surface area contributed by atoms with Crippen molar-refractivity contribution in [1.82, 2.24) is 5.32 Å². The summed E-state index contributed by atoms with van der Waals surface area (Å²) < 4.78 is 13.5. The number of nitrogens with one attached hydrogen (secondary N) is 1. The van der Waals surface area contributed by atoms with E-state index < -0.39 is 0 Å². The lowest BCUT2D eigenvalue weighted by atomic mass is 10.1. The molecule has 0 radical (unpaired) electrons. The minimum atomic E-state index is -0.0557. The molecule has 5 nitrogen and oxygen atoms in total. The number of rotatable bonds is 16. The Balaban J connectivity index is 1.77. The summed E-state index contributed by atoms with van der Waals surface area (Å²) in [6.45, 7) is 5.00. The van der Waals surface area contributed by atoms with Crippen LogP contribution in [0, 0.1) is 0 Å². The average molecular weight is 442 g/mol. The molecule has 0 saturated carbocycles. The molecular formula is C27H41N2O3+. The Labute approximate surface area is 194 Å². The number of hydrogen-bond donors (Lipinski definition) is 1. The first kappa shape index (κ1) is 25.7. The highest BCUT2D eigenvalue weighted by atomic mass is 16.5. The summed E-state index contributed by atoms with van der Waals surface area (Å²) in [6.07, 6.45) is 15.2. The minimum absolute atomic E-state index is 0.0112. The molecular weight excluding hydrogens is 400 g/mol. The molecule has 0 bridgehead atoms. The van der Waals surface area contributed by atoms with E-state index in [1.807, 2.05) is 53.4 Å². The number of nitrogens with zero attached hydrogens (tertiary/aromatic N) is 1. The molecule has 0 spiro atoms. The van der Waals surface area contributed by atoms with E-state index in [1.54, 1.807) is 7.11 Å².